The van der Waals surface area contributed by atoms with Crippen LogP contribution in [0.4, 0.5) is 0 Å². The second kappa shape index (κ2) is 5.24. The first kappa shape index (κ1) is 9.44. The van der Waals surface area contributed by atoms with Crippen LogP contribution in [0.15, 0.2) is 24.8 Å². The summed E-state index contributed by atoms with van der Waals surface area (Å²) in [7, 11) is 0. The van der Waals surface area contributed by atoms with Crippen molar-refractivity contribution in [2.75, 3.05) is 6.54 Å². The fourth-order valence-corrected chi connectivity index (χ4v) is 0.917. The van der Waals surface area contributed by atoms with Crippen LogP contribution in [0, 0.1) is 5.92 Å². The third kappa shape index (κ3) is 4.33. The molecule has 0 saturated heterocycles. The maximum Gasteiger partial charge on any atom is -0.00746 e. The molecular weight excluding hydrogens is 122 g/mol. The summed E-state index contributed by atoms with van der Waals surface area (Å²) in [6.45, 7) is 10.4. The highest BCUT2D eigenvalue weighted by Gasteiger charge is 1.99. The highest BCUT2D eigenvalue weighted by atomic mass is 14.5. The molecule has 0 aliphatic rings. The van der Waals surface area contributed by atoms with E-state index < -0.39 is 0 Å². The lowest BCUT2D eigenvalue weighted by Crippen LogP contribution is -2.05. The van der Waals surface area contributed by atoms with Gasteiger partial charge in [0, 0.05) is 0 Å². The third-order valence-electron chi connectivity index (χ3n) is 1.56. The number of nitrogens with two attached hydrogens (primary N) is 1. The predicted octanol–water partition coefficient (Wildman–Crippen LogP) is 2.10. The average Bonchev–Trinajstić information content (AvgIpc) is 1.88. The van der Waals surface area contributed by atoms with Crippen LogP contribution in [0.25, 0.3) is 0 Å². The van der Waals surface area contributed by atoms with Gasteiger partial charge in [-0.3, -0.25) is 0 Å². The maximum atomic E-state index is 5.39. The molecule has 10 heavy (non-hydrogen) atoms. The van der Waals surface area contributed by atoms with E-state index in [2.05, 4.69) is 20.1 Å². The maximum absolute atomic E-state index is 5.39. The van der Waals surface area contributed by atoms with Gasteiger partial charge in [0.15, 0.2) is 0 Å². The van der Waals surface area contributed by atoms with Crippen molar-refractivity contribution < 1.29 is 0 Å². The zero-order chi connectivity index (χ0) is 7.98. The summed E-state index contributed by atoms with van der Waals surface area (Å²) in [6, 6.07) is 0. The van der Waals surface area contributed by atoms with Gasteiger partial charge in [-0.05, 0) is 25.3 Å². The van der Waals surface area contributed by atoms with Crippen LogP contribution in [-0.2, 0) is 0 Å². The minimum Gasteiger partial charge on any atom is -0.330 e. The summed E-state index contributed by atoms with van der Waals surface area (Å²) >= 11 is 0. The SMILES string of the molecule is C=CC(=C)CC(C)CCN. The van der Waals surface area contributed by atoms with E-state index in [1.807, 2.05) is 6.08 Å². The van der Waals surface area contributed by atoms with Gasteiger partial charge < -0.3 is 5.73 Å². The van der Waals surface area contributed by atoms with Crippen molar-refractivity contribution in [2.24, 2.45) is 11.7 Å². The first-order valence-electron chi connectivity index (χ1n) is 3.71. The molecule has 1 heteroatoms. The molecule has 0 aliphatic heterocycles. The summed E-state index contributed by atoms with van der Waals surface area (Å²) in [4.78, 5) is 0. The lowest BCUT2D eigenvalue weighted by Gasteiger charge is -2.08. The van der Waals surface area contributed by atoms with Crippen LogP contribution in [0.1, 0.15) is 19.8 Å². The van der Waals surface area contributed by atoms with E-state index in [4.69, 9.17) is 5.73 Å². The molecule has 0 amide bonds. The zero-order valence-corrected chi connectivity index (χ0v) is 6.77. The first-order valence-corrected chi connectivity index (χ1v) is 3.71. The smallest absolute Gasteiger partial charge is 0.00746 e. The number of hydrogen-bond acceptors (Lipinski definition) is 1. The third-order valence-corrected chi connectivity index (χ3v) is 1.56. The van der Waals surface area contributed by atoms with Crippen molar-refractivity contribution in [3.63, 3.8) is 0 Å². The van der Waals surface area contributed by atoms with Crippen LogP contribution >= 0.6 is 0 Å². The monoisotopic (exact) mass is 139 g/mol. The van der Waals surface area contributed by atoms with Gasteiger partial charge in [-0.25, -0.2) is 0 Å². The van der Waals surface area contributed by atoms with Crippen LogP contribution in [0.5, 0.6) is 0 Å². The Bertz CT molecular complexity index is 116. The van der Waals surface area contributed by atoms with E-state index in [0.29, 0.717) is 5.92 Å². The van der Waals surface area contributed by atoms with Crippen LogP contribution in [0.2, 0.25) is 0 Å². The Hall–Kier alpha value is -0.560. The molecule has 1 nitrogen and oxygen atoms in total. The molecule has 0 fully saturated rings. The number of allylic oxidation sites excluding steroid dienone is 2. The van der Waals surface area contributed by atoms with Crippen molar-refractivity contribution in [3.8, 4) is 0 Å². The van der Waals surface area contributed by atoms with Crippen molar-refractivity contribution in [1.82, 2.24) is 0 Å². The Morgan fingerprint density at radius 3 is 2.70 bits per heavy atom. The lowest BCUT2D eigenvalue weighted by molar-refractivity contribution is 0.541. The van der Waals surface area contributed by atoms with Crippen molar-refractivity contribution in [3.05, 3.63) is 24.8 Å². The fraction of sp³-hybridized carbons (Fsp3) is 0.556. The van der Waals surface area contributed by atoms with Crippen LogP contribution in [-0.4, -0.2) is 6.54 Å². The topological polar surface area (TPSA) is 26.0 Å². The van der Waals surface area contributed by atoms with Gasteiger partial charge >= 0.3 is 0 Å². The summed E-state index contributed by atoms with van der Waals surface area (Å²) in [6.07, 6.45) is 3.92. The van der Waals surface area contributed by atoms with E-state index >= 15 is 0 Å². The molecule has 0 saturated carbocycles. The van der Waals surface area contributed by atoms with Crippen LogP contribution in [0.3, 0.4) is 0 Å². The quantitative estimate of drug-likeness (QED) is 0.580. The van der Waals surface area contributed by atoms with Gasteiger partial charge in [0.25, 0.3) is 0 Å². The Labute approximate surface area is 63.6 Å². The average molecular weight is 139 g/mol. The minimum absolute atomic E-state index is 0.649. The summed E-state index contributed by atoms with van der Waals surface area (Å²) in [5.74, 6) is 0.649. The van der Waals surface area contributed by atoms with Gasteiger partial charge in [0.1, 0.15) is 0 Å². The van der Waals surface area contributed by atoms with E-state index in [0.717, 1.165) is 25.0 Å². The van der Waals surface area contributed by atoms with Gasteiger partial charge in [-0.15, -0.1) is 0 Å². The molecular formula is C9H17N. The van der Waals surface area contributed by atoms with Gasteiger partial charge in [-0.2, -0.15) is 0 Å². The van der Waals surface area contributed by atoms with Crippen molar-refractivity contribution in [2.45, 2.75) is 19.8 Å². The second-order valence-corrected chi connectivity index (χ2v) is 2.75. The molecule has 2 N–H and O–H groups in total. The molecule has 0 heterocycles. The van der Waals surface area contributed by atoms with E-state index in [1.165, 1.54) is 0 Å². The molecule has 0 radical (unpaired) electrons. The number of hydrogen-bond donors (Lipinski definition) is 1. The summed E-state index contributed by atoms with van der Waals surface area (Å²) in [5.41, 5.74) is 6.50. The molecule has 1 unspecified atom stereocenters. The molecule has 0 aromatic heterocycles. The van der Waals surface area contributed by atoms with E-state index in [-0.39, 0.29) is 0 Å². The predicted molar refractivity (Wildman–Crippen MR) is 46.8 cm³/mol. The Kier molecular flexibility index (Phi) is 4.95. The molecule has 0 bridgehead atoms. The van der Waals surface area contributed by atoms with Crippen molar-refractivity contribution in [1.29, 1.82) is 0 Å². The molecule has 58 valence electrons. The van der Waals surface area contributed by atoms with Gasteiger partial charge in [0.05, 0.1) is 0 Å². The summed E-state index contributed by atoms with van der Waals surface area (Å²) in [5, 5.41) is 0. The van der Waals surface area contributed by atoms with E-state index in [9.17, 15) is 0 Å². The van der Waals surface area contributed by atoms with E-state index in [1.54, 1.807) is 0 Å². The largest absolute Gasteiger partial charge is 0.330 e. The highest BCUT2D eigenvalue weighted by Crippen LogP contribution is 2.12. The Morgan fingerprint density at radius 2 is 2.30 bits per heavy atom. The normalized spacial score (nSPS) is 12.6. The zero-order valence-electron chi connectivity index (χ0n) is 6.77. The first-order chi connectivity index (χ1) is 4.70. The molecule has 0 rings (SSSR count). The molecule has 1 atom stereocenters. The molecule has 0 aromatic carbocycles. The minimum atomic E-state index is 0.649. The van der Waals surface area contributed by atoms with Crippen molar-refractivity contribution >= 4 is 0 Å². The van der Waals surface area contributed by atoms with Crippen LogP contribution < -0.4 is 5.73 Å². The Morgan fingerprint density at radius 1 is 1.70 bits per heavy atom. The fourth-order valence-electron chi connectivity index (χ4n) is 0.917. The lowest BCUT2D eigenvalue weighted by atomic mass is 9.99. The van der Waals surface area contributed by atoms with Gasteiger partial charge in [-0.1, -0.05) is 31.7 Å². The second-order valence-electron chi connectivity index (χ2n) is 2.75. The molecule has 0 aliphatic carbocycles. The Balaban J connectivity index is 3.46. The summed E-state index contributed by atoms with van der Waals surface area (Å²) < 4.78 is 0. The standard InChI is InChI=1S/C9H17N/c1-4-8(2)7-9(3)5-6-10/h4,9H,1-2,5-7,10H2,3H3. The molecule has 0 aromatic rings. The number of rotatable bonds is 5. The highest BCUT2D eigenvalue weighted by molar-refractivity contribution is 5.10. The molecule has 0 spiro atoms. The van der Waals surface area contributed by atoms with Gasteiger partial charge in [0.2, 0.25) is 0 Å².